The molecule has 2 fully saturated rings. The lowest BCUT2D eigenvalue weighted by Crippen LogP contribution is -2.42. The van der Waals surface area contributed by atoms with E-state index >= 15 is 0 Å². The molecule has 0 aromatic heterocycles. The summed E-state index contributed by atoms with van der Waals surface area (Å²) >= 11 is 0. The lowest BCUT2D eigenvalue weighted by molar-refractivity contribution is -0.208. The topological polar surface area (TPSA) is 111 Å². The average molecular weight is 747 g/mol. The minimum absolute atomic E-state index is 0.0283. The summed E-state index contributed by atoms with van der Waals surface area (Å²) in [6.45, 7) is 0.928. The highest BCUT2D eigenvalue weighted by Crippen LogP contribution is 2.33. The molecular formula is C45H46O10. The second kappa shape index (κ2) is 19.7. The first-order valence-corrected chi connectivity index (χ1v) is 18.6. The molecule has 0 amide bonds. The van der Waals surface area contributed by atoms with Crippen molar-refractivity contribution in [1.82, 2.24) is 0 Å². The Morgan fingerprint density at radius 2 is 0.836 bits per heavy atom. The van der Waals surface area contributed by atoms with E-state index in [1.54, 1.807) is 24.3 Å². The Kier molecular flexibility index (Phi) is 13.8. The van der Waals surface area contributed by atoms with Crippen LogP contribution in [-0.2, 0) is 64.3 Å². The summed E-state index contributed by atoms with van der Waals surface area (Å²) < 4.78 is 50.5. The van der Waals surface area contributed by atoms with Crippen LogP contribution < -0.4 is 0 Å². The fourth-order valence-corrected chi connectivity index (χ4v) is 6.63. The molecule has 5 aromatic rings. The molecule has 0 spiro atoms. The number of ether oxygens (including phenoxy) is 8. The lowest BCUT2D eigenvalue weighted by Gasteiger charge is -2.27. The monoisotopic (exact) mass is 746 g/mol. The van der Waals surface area contributed by atoms with Crippen molar-refractivity contribution in [1.29, 1.82) is 0 Å². The van der Waals surface area contributed by atoms with Crippen LogP contribution in [0.2, 0.25) is 0 Å². The normalized spacial score (nSPS) is 24.8. The van der Waals surface area contributed by atoms with Gasteiger partial charge in [-0.1, -0.05) is 140 Å². The summed E-state index contributed by atoms with van der Waals surface area (Å²) in [6, 6.07) is 47.9. The molecular weight excluding hydrogens is 700 g/mol. The van der Waals surface area contributed by atoms with Crippen LogP contribution in [0.5, 0.6) is 0 Å². The molecule has 55 heavy (non-hydrogen) atoms. The van der Waals surface area contributed by atoms with E-state index in [2.05, 4.69) is 0 Å². The smallest absolute Gasteiger partial charge is 0.338 e. The summed E-state index contributed by atoms with van der Waals surface area (Å²) in [5, 5.41) is 11.1. The summed E-state index contributed by atoms with van der Waals surface area (Å²) in [5.41, 5.74) is 4.26. The molecule has 0 bridgehead atoms. The molecule has 0 aliphatic carbocycles. The van der Waals surface area contributed by atoms with E-state index in [1.165, 1.54) is 0 Å². The van der Waals surface area contributed by atoms with Gasteiger partial charge in [-0.15, -0.1) is 0 Å². The van der Waals surface area contributed by atoms with Crippen LogP contribution in [-0.4, -0.2) is 73.5 Å². The SMILES string of the molecule is O=C(OC[C@H]1O[C@H](OC[C@H]2O[C@H](O)[C@@H](OCc3ccccc3)[C@@H]2OCc2ccccc2)[C@@H](OCc2ccccc2)[C@@H]1OCc1ccccc1)c1ccccc1. The Morgan fingerprint density at radius 3 is 1.31 bits per heavy atom. The van der Waals surface area contributed by atoms with Crippen LogP contribution in [0.15, 0.2) is 152 Å². The van der Waals surface area contributed by atoms with E-state index in [0.29, 0.717) is 5.56 Å². The molecule has 5 aromatic carbocycles. The van der Waals surface area contributed by atoms with Crippen molar-refractivity contribution in [3.05, 3.63) is 179 Å². The molecule has 2 saturated heterocycles. The van der Waals surface area contributed by atoms with Gasteiger partial charge in [-0.05, 0) is 34.4 Å². The fraction of sp³-hybridized carbons (Fsp3) is 0.311. The van der Waals surface area contributed by atoms with Gasteiger partial charge in [-0.3, -0.25) is 0 Å². The Hall–Kier alpha value is -4.75. The first-order chi connectivity index (χ1) is 27.1. The van der Waals surface area contributed by atoms with Crippen LogP contribution in [0.1, 0.15) is 32.6 Å². The van der Waals surface area contributed by atoms with Crippen molar-refractivity contribution in [3.63, 3.8) is 0 Å². The third-order valence-corrected chi connectivity index (χ3v) is 9.51. The number of rotatable bonds is 18. The van der Waals surface area contributed by atoms with Crippen molar-refractivity contribution in [2.24, 2.45) is 0 Å². The van der Waals surface area contributed by atoms with Crippen LogP contribution in [0, 0.1) is 0 Å². The van der Waals surface area contributed by atoms with Crippen molar-refractivity contribution in [2.75, 3.05) is 13.2 Å². The molecule has 1 N–H and O–H groups in total. The Labute approximate surface area is 321 Å². The highest BCUT2D eigenvalue weighted by Gasteiger charge is 2.50. The molecule has 0 radical (unpaired) electrons. The molecule has 2 aliphatic rings. The van der Waals surface area contributed by atoms with Gasteiger partial charge in [0.1, 0.15) is 43.2 Å². The Morgan fingerprint density at radius 1 is 0.455 bits per heavy atom. The highest BCUT2D eigenvalue weighted by atomic mass is 16.7. The average Bonchev–Trinajstić information content (AvgIpc) is 3.74. The van der Waals surface area contributed by atoms with Gasteiger partial charge in [-0.2, -0.15) is 0 Å². The van der Waals surface area contributed by atoms with E-state index < -0.39 is 55.2 Å². The standard InChI is InChI=1S/C45H46O10/c46-43(36-24-14-5-15-25-36)52-30-38-40(49-27-33-18-8-2-9-19-33)42(51-29-35-22-12-4-13-23-35)45(55-38)53-31-37-39(48-26-32-16-6-1-7-17-32)41(44(47)54-37)50-28-34-20-10-3-11-21-34/h1-25,37-42,44-45,47H,26-31H2/t37-,38-,39-,40-,41+,42+,44+,45+/m1/s1. The number of carbonyl (C=O) groups excluding carboxylic acids is 1. The third kappa shape index (κ3) is 10.7. The van der Waals surface area contributed by atoms with Crippen molar-refractivity contribution in [2.45, 2.75) is 75.6 Å². The fourth-order valence-electron chi connectivity index (χ4n) is 6.63. The van der Waals surface area contributed by atoms with E-state index in [9.17, 15) is 9.90 Å². The lowest BCUT2D eigenvalue weighted by atomic mass is 10.1. The highest BCUT2D eigenvalue weighted by molar-refractivity contribution is 5.89. The second-order valence-electron chi connectivity index (χ2n) is 13.5. The van der Waals surface area contributed by atoms with Crippen LogP contribution >= 0.6 is 0 Å². The minimum Gasteiger partial charge on any atom is -0.459 e. The molecule has 2 aliphatic heterocycles. The number of aliphatic hydroxyl groups excluding tert-OH is 1. The van der Waals surface area contributed by atoms with Crippen molar-refractivity contribution < 1.29 is 47.8 Å². The maximum absolute atomic E-state index is 13.0. The summed E-state index contributed by atoms with van der Waals surface area (Å²) in [5.74, 6) is -0.481. The number of hydrogen-bond acceptors (Lipinski definition) is 10. The number of aliphatic hydroxyl groups is 1. The van der Waals surface area contributed by atoms with Crippen molar-refractivity contribution in [3.8, 4) is 0 Å². The molecule has 0 unspecified atom stereocenters. The number of benzene rings is 5. The Balaban J connectivity index is 1.09. The van der Waals surface area contributed by atoms with Gasteiger partial charge in [0, 0.05) is 0 Å². The third-order valence-electron chi connectivity index (χ3n) is 9.51. The first kappa shape index (κ1) is 38.5. The van der Waals surface area contributed by atoms with Crippen LogP contribution in [0.4, 0.5) is 0 Å². The van der Waals surface area contributed by atoms with E-state index in [4.69, 9.17) is 37.9 Å². The van der Waals surface area contributed by atoms with Gasteiger partial charge in [0.2, 0.25) is 0 Å². The van der Waals surface area contributed by atoms with Gasteiger partial charge < -0.3 is 43.0 Å². The molecule has 0 saturated carbocycles. The quantitative estimate of drug-likeness (QED) is 0.0980. The zero-order chi connectivity index (χ0) is 37.7. The largest absolute Gasteiger partial charge is 0.459 e. The second-order valence-corrected chi connectivity index (χ2v) is 13.5. The molecule has 8 atom stereocenters. The van der Waals surface area contributed by atoms with Gasteiger partial charge in [-0.25, -0.2) is 4.79 Å². The molecule has 7 rings (SSSR count). The zero-order valence-electron chi connectivity index (χ0n) is 30.4. The number of carbonyl (C=O) groups is 1. The van der Waals surface area contributed by atoms with Crippen LogP contribution in [0.3, 0.4) is 0 Å². The summed E-state index contributed by atoms with van der Waals surface area (Å²) in [6.07, 6.45) is -6.56. The number of hydrogen-bond donors (Lipinski definition) is 1. The summed E-state index contributed by atoms with van der Waals surface area (Å²) in [4.78, 5) is 13.0. The summed E-state index contributed by atoms with van der Waals surface area (Å²) in [7, 11) is 0. The van der Waals surface area contributed by atoms with Gasteiger partial charge in [0.15, 0.2) is 12.6 Å². The van der Waals surface area contributed by atoms with Crippen molar-refractivity contribution >= 4 is 5.97 Å². The van der Waals surface area contributed by atoms with Gasteiger partial charge in [0.05, 0.1) is 38.6 Å². The maximum Gasteiger partial charge on any atom is 0.338 e. The van der Waals surface area contributed by atoms with Gasteiger partial charge >= 0.3 is 5.97 Å². The van der Waals surface area contributed by atoms with E-state index in [-0.39, 0.29) is 39.6 Å². The minimum atomic E-state index is -1.26. The maximum atomic E-state index is 13.0. The number of esters is 1. The van der Waals surface area contributed by atoms with E-state index in [0.717, 1.165) is 22.3 Å². The molecule has 286 valence electrons. The zero-order valence-corrected chi connectivity index (χ0v) is 30.4. The van der Waals surface area contributed by atoms with Crippen LogP contribution in [0.25, 0.3) is 0 Å². The molecule has 10 heteroatoms. The van der Waals surface area contributed by atoms with E-state index in [1.807, 2.05) is 127 Å². The predicted octanol–water partition coefficient (Wildman–Crippen LogP) is 6.64. The first-order valence-electron chi connectivity index (χ1n) is 18.6. The molecule has 10 nitrogen and oxygen atoms in total. The Bertz CT molecular complexity index is 1850. The van der Waals surface area contributed by atoms with Gasteiger partial charge in [0.25, 0.3) is 0 Å². The predicted molar refractivity (Wildman–Crippen MR) is 202 cm³/mol. The molecule has 2 heterocycles.